The van der Waals surface area contributed by atoms with Crippen LogP contribution in [-0.2, 0) is 9.53 Å². The minimum absolute atomic E-state index is 0.224. The lowest BCUT2D eigenvalue weighted by Gasteiger charge is -2.35. The third kappa shape index (κ3) is 9.22. The fourth-order valence-corrected chi connectivity index (χ4v) is 4.61. The number of likely N-dealkylation sites (tertiary alicyclic amines) is 1. The van der Waals surface area contributed by atoms with Gasteiger partial charge in [0.05, 0.1) is 0 Å². The van der Waals surface area contributed by atoms with Crippen molar-refractivity contribution in [2.45, 2.75) is 138 Å². The molecule has 0 bridgehead atoms. The van der Waals surface area contributed by atoms with Gasteiger partial charge in [-0.15, -0.1) is 0 Å². The zero-order chi connectivity index (χ0) is 26.4. The molecule has 2 fully saturated rings. The lowest BCUT2D eigenvalue weighted by molar-refractivity contribution is -0.131. The van der Waals surface area contributed by atoms with E-state index in [-0.39, 0.29) is 12.0 Å². The molecule has 2 aliphatic heterocycles. The van der Waals surface area contributed by atoms with Gasteiger partial charge in [0.25, 0.3) is 5.91 Å². The third-order valence-electron chi connectivity index (χ3n) is 6.19. The Morgan fingerprint density at radius 3 is 2.03 bits per heavy atom. The van der Waals surface area contributed by atoms with Crippen LogP contribution in [0.5, 0.6) is 0 Å². The van der Waals surface area contributed by atoms with E-state index in [4.69, 9.17) is 9.73 Å². The van der Waals surface area contributed by atoms with Crippen molar-refractivity contribution in [1.82, 2.24) is 9.80 Å². The molecule has 3 rings (SSSR count). The maximum absolute atomic E-state index is 13.2. The molecule has 2 heterocycles. The molecule has 1 aliphatic carbocycles. The molecule has 34 heavy (non-hydrogen) atoms. The minimum atomic E-state index is -0.462. The van der Waals surface area contributed by atoms with Crippen LogP contribution in [0.2, 0.25) is 0 Å². The molecule has 0 atom stereocenters. The van der Waals surface area contributed by atoms with E-state index < -0.39 is 11.1 Å². The molecular weight excluding hydrogens is 426 g/mol. The third-order valence-corrected chi connectivity index (χ3v) is 6.19. The molecule has 0 aromatic carbocycles. The van der Waals surface area contributed by atoms with Gasteiger partial charge < -0.3 is 9.64 Å². The van der Waals surface area contributed by atoms with E-state index in [1.165, 1.54) is 0 Å². The number of piperidine rings is 1. The lowest BCUT2D eigenvalue weighted by Crippen LogP contribution is -2.47. The SMILES string of the molecule is CC.CC.CC.CCCCC1=NC2(CCCC2)C(=O)N1CC1CCN(C(=O)OC(C)(C)C)CC1. The highest BCUT2D eigenvalue weighted by Crippen LogP contribution is 2.40. The van der Waals surface area contributed by atoms with E-state index in [1.54, 1.807) is 4.90 Å². The largest absolute Gasteiger partial charge is 0.444 e. The molecule has 200 valence electrons. The van der Waals surface area contributed by atoms with Gasteiger partial charge in [-0.3, -0.25) is 14.7 Å². The number of aliphatic imine (C=N–C) groups is 1. The number of nitrogens with zero attached hydrogens (tertiary/aromatic N) is 3. The molecule has 0 aromatic heterocycles. The van der Waals surface area contributed by atoms with Crippen LogP contribution in [0.3, 0.4) is 0 Å². The summed E-state index contributed by atoms with van der Waals surface area (Å²) in [6, 6.07) is 0. The normalized spacial score (nSPS) is 19.4. The second-order valence-corrected chi connectivity index (χ2v) is 9.70. The molecule has 1 saturated heterocycles. The molecule has 1 spiro atoms. The van der Waals surface area contributed by atoms with Crippen LogP contribution >= 0.6 is 0 Å². The number of carbonyl (C=O) groups excluding carboxylic acids is 2. The van der Waals surface area contributed by atoms with Gasteiger partial charge in [-0.25, -0.2) is 4.79 Å². The van der Waals surface area contributed by atoms with Crippen LogP contribution in [-0.4, -0.2) is 58.4 Å². The second-order valence-electron chi connectivity index (χ2n) is 9.70. The number of unbranched alkanes of at least 4 members (excludes halogenated alkanes) is 1. The number of ether oxygens (including phenoxy) is 1. The molecule has 1 saturated carbocycles. The Kier molecular flexibility index (Phi) is 15.4. The average molecular weight is 482 g/mol. The molecule has 3 aliphatic rings. The van der Waals surface area contributed by atoms with Crippen molar-refractivity contribution >= 4 is 17.8 Å². The van der Waals surface area contributed by atoms with Crippen molar-refractivity contribution in [3.8, 4) is 0 Å². The predicted octanol–water partition coefficient (Wildman–Crippen LogP) is 7.46. The fraction of sp³-hybridized carbons (Fsp3) is 0.893. The summed E-state index contributed by atoms with van der Waals surface area (Å²) in [5.74, 6) is 1.68. The summed E-state index contributed by atoms with van der Waals surface area (Å²) >= 11 is 0. The van der Waals surface area contributed by atoms with Gasteiger partial charge in [-0.1, -0.05) is 67.7 Å². The fourth-order valence-electron chi connectivity index (χ4n) is 4.61. The molecular formula is C28H55N3O3. The van der Waals surface area contributed by atoms with E-state index in [2.05, 4.69) is 6.92 Å². The first kappa shape index (κ1) is 32.4. The molecule has 0 radical (unpaired) electrons. The first-order valence-electron chi connectivity index (χ1n) is 14.1. The Hall–Kier alpha value is -1.59. The van der Waals surface area contributed by atoms with Crippen molar-refractivity contribution < 1.29 is 14.3 Å². The summed E-state index contributed by atoms with van der Waals surface area (Å²) in [5.41, 5.74) is -0.906. The number of carbonyl (C=O) groups is 2. The van der Waals surface area contributed by atoms with Crippen molar-refractivity contribution in [2.24, 2.45) is 10.9 Å². The summed E-state index contributed by atoms with van der Waals surface area (Å²) in [5, 5.41) is 0. The molecule has 0 unspecified atom stereocenters. The monoisotopic (exact) mass is 481 g/mol. The Labute approximate surface area is 210 Å². The van der Waals surface area contributed by atoms with Crippen LogP contribution in [0.25, 0.3) is 0 Å². The van der Waals surface area contributed by atoms with E-state index in [0.717, 1.165) is 70.2 Å². The zero-order valence-electron chi connectivity index (χ0n) is 24.1. The first-order valence-corrected chi connectivity index (χ1v) is 14.1. The van der Waals surface area contributed by atoms with E-state index in [1.807, 2.05) is 67.2 Å². The number of hydrogen-bond acceptors (Lipinski definition) is 4. The van der Waals surface area contributed by atoms with Gasteiger partial charge in [-0.05, 0) is 58.8 Å². The predicted molar refractivity (Wildman–Crippen MR) is 144 cm³/mol. The van der Waals surface area contributed by atoms with Crippen molar-refractivity contribution in [1.29, 1.82) is 0 Å². The summed E-state index contributed by atoms with van der Waals surface area (Å²) in [7, 11) is 0. The molecule has 6 nitrogen and oxygen atoms in total. The molecule has 0 aromatic rings. The summed E-state index contributed by atoms with van der Waals surface area (Å²) < 4.78 is 5.49. The number of amidine groups is 1. The summed E-state index contributed by atoms with van der Waals surface area (Å²) in [6.45, 7) is 22.0. The van der Waals surface area contributed by atoms with Crippen molar-refractivity contribution in [3.63, 3.8) is 0 Å². The second kappa shape index (κ2) is 16.1. The standard InChI is InChI=1S/C22H37N3O3.3C2H6/c1-5-6-9-18-23-22(12-7-8-13-22)19(26)25(18)16-17-10-14-24(15-11-17)20(27)28-21(2,3)4;3*1-2/h17H,5-16H2,1-4H3;3*1-2H3. The quantitative estimate of drug-likeness (QED) is 0.409. The molecule has 2 amide bonds. The Balaban J connectivity index is 0.00000168. The highest BCUT2D eigenvalue weighted by molar-refractivity contribution is 6.08. The smallest absolute Gasteiger partial charge is 0.410 e. The van der Waals surface area contributed by atoms with E-state index in [9.17, 15) is 9.59 Å². The number of hydrogen-bond donors (Lipinski definition) is 0. The zero-order valence-corrected chi connectivity index (χ0v) is 24.1. The first-order chi connectivity index (χ1) is 16.2. The van der Waals surface area contributed by atoms with E-state index in [0.29, 0.717) is 19.0 Å². The minimum Gasteiger partial charge on any atom is -0.444 e. The van der Waals surface area contributed by atoms with Crippen LogP contribution in [0.4, 0.5) is 4.79 Å². The topological polar surface area (TPSA) is 62.2 Å². The van der Waals surface area contributed by atoms with Gasteiger partial charge >= 0.3 is 6.09 Å². The van der Waals surface area contributed by atoms with Crippen molar-refractivity contribution in [2.75, 3.05) is 19.6 Å². The number of rotatable bonds is 5. The van der Waals surface area contributed by atoms with Crippen LogP contribution in [0.15, 0.2) is 4.99 Å². The van der Waals surface area contributed by atoms with Gasteiger partial charge in [0.1, 0.15) is 17.0 Å². The maximum Gasteiger partial charge on any atom is 0.410 e. The van der Waals surface area contributed by atoms with Gasteiger partial charge in [0, 0.05) is 26.1 Å². The van der Waals surface area contributed by atoms with Crippen LogP contribution in [0, 0.1) is 5.92 Å². The van der Waals surface area contributed by atoms with Crippen LogP contribution in [0.1, 0.15) is 127 Å². The summed E-state index contributed by atoms with van der Waals surface area (Å²) in [4.78, 5) is 34.3. The molecule has 0 N–H and O–H groups in total. The maximum atomic E-state index is 13.2. The van der Waals surface area contributed by atoms with Gasteiger partial charge in [0.2, 0.25) is 0 Å². The lowest BCUT2D eigenvalue weighted by atomic mass is 9.94. The van der Waals surface area contributed by atoms with E-state index >= 15 is 0 Å². The number of amides is 2. The average Bonchev–Trinajstić information content (AvgIpc) is 3.42. The Bertz CT molecular complexity index is 611. The van der Waals surface area contributed by atoms with Crippen LogP contribution < -0.4 is 0 Å². The molecule has 6 heteroatoms. The van der Waals surface area contributed by atoms with Gasteiger partial charge in [-0.2, -0.15) is 0 Å². The Morgan fingerprint density at radius 2 is 1.56 bits per heavy atom. The Morgan fingerprint density at radius 1 is 1.03 bits per heavy atom. The highest BCUT2D eigenvalue weighted by Gasteiger charge is 2.49. The summed E-state index contributed by atoms with van der Waals surface area (Å²) in [6.07, 6.45) is 8.74. The highest BCUT2D eigenvalue weighted by atomic mass is 16.6. The van der Waals surface area contributed by atoms with Crippen molar-refractivity contribution in [3.05, 3.63) is 0 Å². The van der Waals surface area contributed by atoms with Gasteiger partial charge in [0.15, 0.2) is 0 Å².